The average Bonchev–Trinajstić information content (AvgIpc) is 3.48. The minimum atomic E-state index is -5.08. The van der Waals surface area contributed by atoms with Crippen molar-refractivity contribution in [1.29, 1.82) is 0 Å². The second-order valence-electron chi connectivity index (χ2n) is 9.85. The van der Waals surface area contributed by atoms with Gasteiger partial charge in [0.25, 0.3) is 5.91 Å². The van der Waals surface area contributed by atoms with Crippen LogP contribution in [0.5, 0.6) is 0 Å². The van der Waals surface area contributed by atoms with Crippen LogP contribution < -0.4 is 0 Å². The van der Waals surface area contributed by atoms with Crippen molar-refractivity contribution < 1.29 is 40.7 Å². The fraction of sp³-hybridized carbons (Fsp3) is 0.357. The first kappa shape index (κ1) is 30.4. The van der Waals surface area contributed by atoms with E-state index in [1.807, 2.05) is 4.90 Å². The van der Waals surface area contributed by atoms with Gasteiger partial charge in [0.1, 0.15) is 0 Å². The summed E-state index contributed by atoms with van der Waals surface area (Å²) in [5.74, 6) is -0.672. The summed E-state index contributed by atoms with van der Waals surface area (Å²) in [6, 6.07) is 6.40. The molecule has 1 saturated heterocycles. The average molecular weight is 626 g/mol. The molecule has 5 rings (SSSR count). The van der Waals surface area contributed by atoms with Crippen molar-refractivity contribution in [3.63, 3.8) is 0 Å². The van der Waals surface area contributed by atoms with Gasteiger partial charge in [-0.25, -0.2) is 4.79 Å². The number of amides is 2. The van der Waals surface area contributed by atoms with E-state index in [1.54, 1.807) is 30.0 Å². The number of hydrogen-bond acceptors (Lipinski definition) is 6. The van der Waals surface area contributed by atoms with Gasteiger partial charge in [-0.05, 0) is 72.5 Å². The standard InChI is InChI=1S/C28H25F6N5O3S/c1-2-42-26(41)39-9-3-8-38(10-11-39)25-36-24(40)23(43-25)20(16-5-7-22-18(12-16)15-35-37-22)13-17-4-6-19(27(29,30)31)14-21(17)28(32,33)34/h4-7,12,14-15H,2-3,8-11,13H2,1H3,(H,35,37). The predicted molar refractivity (Wildman–Crippen MR) is 148 cm³/mol. The molecule has 43 heavy (non-hydrogen) atoms. The number of aromatic amines is 1. The summed E-state index contributed by atoms with van der Waals surface area (Å²) < 4.78 is 87.1. The quantitative estimate of drug-likeness (QED) is 0.269. The Kier molecular flexibility index (Phi) is 8.45. The molecule has 3 aromatic rings. The van der Waals surface area contributed by atoms with E-state index < -0.39 is 47.5 Å². The Morgan fingerprint density at radius 2 is 1.81 bits per heavy atom. The van der Waals surface area contributed by atoms with Gasteiger partial charge in [0.05, 0.1) is 34.4 Å². The molecule has 2 aliphatic rings. The second-order valence-corrected chi connectivity index (χ2v) is 10.8. The third-order valence-corrected chi connectivity index (χ3v) is 8.21. The molecule has 0 atom stereocenters. The van der Waals surface area contributed by atoms with Crippen molar-refractivity contribution in [3.05, 3.63) is 69.8 Å². The van der Waals surface area contributed by atoms with Gasteiger partial charge < -0.3 is 14.5 Å². The molecular weight excluding hydrogens is 600 g/mol. The number of aromatic nitrogens is 2. The molecule has 2 aliphatic heterocycles. The highest BCUT2D eigenvalue weighted by atomic mass is 32.2. The van der Waals surface area contributed by atoms with Crippen LogP contribution in [-0.2, 0) is 28.3 Å². The molecule has 15 heteroatoms. The molecule has 1 N–H and O–H groups in total. The molecule has 1 aromatic heterocycles. The fourth-order valence-electron chi connectivity index (χ4n) is 4.93. The smallest absolute Gasteiger partial charge is 0.416 e. The SMILES string of the molecule is CCOC(=O)N1CCCN(C2=NC(=O)C(=C(Cc3ccc(C(F)(F)F)cc3C(F)(F)F)c3ccc4[nH]ncc4c3)S2)CC1. The lowest BCUT2D eigenvalue weighted by Gasteiger charge is -2.22. The lowest BCUT2D eigenvalue weighted by atomic mass is 9.92. The van der Waals surface area contributed by atoms with Crippen LogP contribution >= 0.6 is 11.8 Å². The van der Waals surface area contributed by atoms with Crippen LogP contribution in [0.2, 0.25) is 0 Å². The van der Waals surface area contributed by atoms with Gasteiger partial charge in [-0.3, -0.25) is 9.89 Å². The first-order chi connectivity index (χ1) is 20.3. The topological polar surface area (TPSA) is 90.9 Å². The van der Waals surface area contributed by atoms with Crippen LogP contribution in [0.3, 0.4) is 0 Å². The summed E-state index contributed by atoms with van der Waals surface area (Å²) in [6.45, 7) is 3.50. The Labute approximate surface area is 245 Å². The molecule has 2 amide bonds. The summed E-state index contributed by atoms with van der Waals surface area (Å²) in [6.07, 6.45) is -8.90. The first-order valence-corrected chi connectivity index (χ1v) is 14.1. The van der Waals surface area contributed by atoms with Crippen molar-refractivity contribution in [2.45, 2.75) is 32.1 Å². The third kappa shape index (κ3) is 6.65. The van der Waals surface area contributed by atoms with Crippen molar-refractivity contribution in [2.75, 3.05) is 32.8 Å². The summed E-state index contributed by atoms with van der Waals surface area (Å²) in [5, 5.41) is 7.69. The number of fused-ring (bicyclic) bond motifs is 1. The number of nitrogens with zero attached hydrogens (tertiary/aromatic N) is 4. The summed E-state index contributed by atoms with van der Waals surface area (Å²) in [4.78, 5) is 33.1. The minimum absolute atomic E-state index is 0.0670. The molecular formula is C28H25F6N5O3S. The molecule has 0 bridgehead atoms. The van der Waals surface area contributed by atoms with Crippen molar-refractivity contribution >= 4 is 45.4 Å². The lowest BCUT2D eigenvalue weighted by molar-refractivity contribution is -0.143. The summed E-state index contributed by atoms with van der Waals surface area (Å²) in [5.41, 5.74) is -2.04. The van der Waals surface area contributed by atoms with E-state index in [-0.39, 0.29) is 23.2 Å². The zero-order valence-electron chi connectivity index (χ0n) is 22.7. The van der Waals surface area contributed by atoms with Crippen LogP contribution in [0, 0.1) is 0 Å². The monoisotopic (exact) mass is 625 g/mol. The molecule has 3 heterocycles. The predicted octanol–water partition coefficient (Wildman–Crippen LogP) is 6.35. The van der Waals surface area contributed by atoms with E-state index in [9.17, 15) is 35.9 Å². The minimum Gasteiger partial charge on any atom is -0.450 e. The lowest BCUT2D eigenvalue weighted by Crippen LogP contribution is -2.36. The number of nitrogens with one attached hydrogen (secondary N) is 1. The highest BCUT2D eigenvalue weighted by Crippen LogP contribution is 2.42. The Morgan fingerprint density at radius 3 is 2.53 bits per heavy atom. The number of allylic oxidation sites excluding steroid dienone is 1. The zero-order valence-corrected chi connectivity index (χ0v) is 23.5. The Bertz CT molecular complexity index is 1610. The molecule has 0 spiro atoms. The van der Waals surface area contributed by atoms with Crippen molar-refractivity contribution in [2.24, 2.45) is 4.99 Å². The van der Waals surface area contributed by atoms with E-state index >= 15 is 0 Å². The largest absolute Gasteiger partial charge is 0.450 e. The number of amidine groups is 1. The number of carbonyl (C=O) groups excluding carboxylic acids is 2. The normalized spacial score (nSPS) is 17.7. The molecule has 8 nitrogen and oxygen atoms in total. The van der Waals surface area contributed by atoms with E-state index in [0.29, 0.717) is 60.3 Å². The number of hydrogen-bond donors (Lipinski definition) is 1. The maximum Gasteiger partial charge on any atom is 0.416 e. The van der Waals surface area contributed by atoms with Crippen LogP contribution in [0.15, 0.2) is 52.5 Å². The number of rotatable bonds is 4. The number of H-pyrrole nitrogens is 1. The van der Waals surface area contributed by atoms with Crippen LogP contribution in [0.1, 0.15) is 35.6 Å². The van der Waals surface area contributed by atoms with E-state index in [1.165, 1.54) is 6.20 Å². The van der Waals surface area contributed by atoms with Gasteiger partial charge in [-0.1, -0.05) is 12.1 Å². The van der Waals surface area contributed by atoms with Crippen LogP contribution in [0.4, 0.5) is 31.1 Å². The Morgan fingerprint density at radius 1 is 1.02 bits per heavy atom. The van der Waals surface area contributed by atoms with Gasteiger partial charge in [0, 0.05) is 31.6 Å². The maximum absolute atomic E-state index is 14.0. The second kappa shape index (κ2) is 11.9. The first-order valence-electron chi connectivity index (χ1n) is 13.3. The van der Waals surface area contributed by atoms with Gasteiger partial charge in [-0.2, -0.15) is 36.4 Å². The molecule has 0 aliphatic carbocycles. The van der Waals surface area contributed by atoms with Gasteiger partial charge >= 0.3 is 18.4 Å². The van der Waals surface area contributed by atoms with Crippen molar-refractivity contribution in [1.82, 2.24) is 20.0 Å². The van der Waals surface area contributed by atoms with E-state index in [2.05, 4.69) is 15.2 Å². The summed E-state index contributed by atoms with van der Waals surface area (Å²) >= 11 is 0.991. The van der Waals surface area contributed by atoms with Crippen molar-refractivity contribution in [3.8, 4) is 0 Å². The number of benzene rings is 2. The number of carbonyl (C=O) groups is 2. The van der Waals surface area contributed by atoms with E-state index in [0.717, 1.165) is 17.8 Å². The Balaban J connectivity index is 1.52. The van der Waals surface area contributed by atoms with Crippen LogP contribution in [0.25, 0.3) is 16.5 Å². The molecule has 0 radical (unpaired) electrons. The highest BCUT2D eigenvalue weighted by molar-refractivity contribution is 8.18. The fourth-order valence-corrected chi connectivity index (χ4v) is 6.00. The summed E-state index contributed by atoms with van der Waals surface area (Å²) in [7, 11) is 0. The van der Waals surface area contributed by atoms with E-state index in [4.69, 9.17) is 4.74 Å². The highest BCUT2D eigenvalue weighted by Gasteiger charge is 2.39. The number of aliphatic imine (C=N–C) groups is 1. The number of ether oxygens (including phenoxy) is 1. The molecule has 0 unspecified atom stereocenters. The number of halogens is 6. The molecule has 0 saturated carbocycles. The maximum atomic E-state index is 14.0. The number of thioether (sulfide) groups is 1. The number of alkyl halides is 6. The van der Waals surface area contributed by atoms with Gasteiger partial charge in [0.15, 0.2) is 5.17 Å². The molecule has 2 aromatic carbocycles. The van der Waals surface area contributed by atoms with Gasteiger partial charge in [0.2, 0.25) is 0 Å². The third-order valence-electron chi connectivity index (χ3n) is 7.05. The van der Waals surface area contributed by atoms with Gasteiger partial charge in [-0.15, -0.1) is 0 Å². The molecule has 228 valence electrons. The molecule has 1 fully saturated rings. The zero-order chi connectivity index (χ0) is 30.9. The van der Waals surface area contributed by atoms with Crippen LogP contribution in [-0.4, -0.2) is 70.0 Å². The Hall–Kier alpha value is -4.01.